The summed E-state index contributed by atoms with van der Waals surface area (Å²) in [7, 11) is 3.39. The predicted molar refractivity (Wildman–Crippen MR) is 106 cm³/mol. The Morgan fingerprint density at radius 1 is 1.15 bits per heavy atom. The van der Waals surface area contributed by atoms with Gasteiger partial charge in [-0.1, -0.05) is 12.8 Å². The average molecular weight is 376 g/mol. The first-order valence-corrected chi connectivity index (χ1v) is 10.1. The molecule has 0 aromatic heterocycles. The van der Waals surface area contributed by atoms with Crippen LogP contribution in [0.2, 0.25) is 0 Å². The van der Waals surface area contributed by atoms with Crippen LogP contribution in [0.25, 0.3) is 0 Å². The third-order valence-corrected chi connectivity index (χ3v) is 5.92. The first kappa shape index (κ1) is 20.0. The van der Waals surface area contributed by atoms with Crippen molar-refractivity contribution >= 4 is 5.91 Å². The third-order valence-electron chi connectivity index (χ3n) is 5.92. The van der Waals surface area contributed by atoms with Crippen molar-refractivity contribution in [1.82, 2.24) is 15.1 Å². The second kappa shape index (κ2) is 9.42. The Balaban J connectivity index is 1.50. The summed E-state index contributed by atoms with van der Waals surface area (Å²) in [6.45, 7) is 6.57. The van der Waals surface area contributed by atoms with Crippen LogP contribution in [-0.2, 0) is 11.3 Å². The van der Waals surface area contributed by atoms with Crippen LogP contribution >= 0.6 is 0 Å². The monoisotopic (exact) mass is 375 g/mol. The first-order valence-electron chi connectivity index (χ1n) is 10.1. The van der Waals surface area contributed by atoms with Gasteiger partial charge in [-0.15, -0.1) is 0 Å². The average Bonchev–Trinajstić information content (AvgIpc) is 3.21. The van der Waals surface area contributed by atoms with E-state index in [9.17, 15) is 4.79 Å². The highest BCUT2D eigenvalue weighted by Gasteiger charge is 2.28. The van der Waals surface area contributed by atoms with Crippen LogP contribution in [0.15, 0.2) is 18.2 Å². The fourth-order valence-electron chi connectivity index (χ4n) is 4.11. The fraction of sp³-hybridized carbons (Fsp3) is 0.667. The number of methoxy groups -OCH3 is 2. The second-order valence-corrected chi connectivity index (χ2v) is 7.66. The van der Waals surface area contributed by atoms with E-state index in [1.165, 1.54) is 12.8 Å². The number of nitrogens with zero attached hydrogens (tertiary/aromatic N) is 2. The van der Waals surface area contributed by atoms with Crippen LogP contribution in [0.5, 0.6) is 11.5 Å². The molecule has 1 aromatic carbocycles. The molecular formula is C21H33N3O3. The summed E-state index contributed by atoms with van der Waals surface area (Å²) in [4.78, 5) is 17.2. The minimum Gasteiger partial charge on any atom is -0.497 e. The lowest BCUT2D eigenvalue weighted by atomic mass is 10.1. The molecule has 3 rings (SSSR count). The molecule has 6 nitrogen and oxygen atoms in total. The van der Waals surface area contributed by atoms with Crippen LogP contribution < -0.4 is 14.8 Å². The van der Waals surface area contributed by atoms with Gasteiger partial charge >= 0.3 is 0 Å². The van der Waals surface area contributed by atoms with Gasteiger partial charge in [0.15, 0.2) is 0 Å². The number of rotatable bonds is 7. The molecule has 27 heavy (non-hydrogen) atoms. The number of hydrogen-bond acceptors (Lipinski definition) is 5. The molecule has 1 aliphatic heterocycles. The molecule has 1 saturated heterocycles. The molecule has 2 fully saturated rings. The number of carbonyl (C=O) groups excluding carboxylic acids is 1. The topological polar surface area (TPSA) is 54.0 Å². The quantitative estimate of drug-likeness (QED) is 0.792. The summed E-state index contributed by atoms with van der Waals surface area (Å²) in [6, 6.07) is 6.26. The smallest absolute Gasteiger partial charge is 0.237 e. The number of amides is 1. The third kappa shape index (κ3) is 5.14. The Hall–Kier alpha value is -1.79. The van der Waals surface area contributed by atoms with Crippen molar-refractivity contribution < 1.29 is 14.3 Å². The molecule has 150 valence electrons. The zero-order valence-electron chi connectivity index (χ0n) is 16.9. The lowest BCUT2D eigenvalue weighted by Crippen LogP contribution is -2.54. The summed E-state index contributed by atoms with van der Waals surface area (Å²) < 4.78 is 10.8. The van der Waals surface area contributed by atoms with Crippen LogP contribution in [0, 0.1) is 0 Å². The van der Waals surface area contributed by atoms with E-state index in [4.69, 9.17) is 9.47 Å². The molecule has 0 radical (unpaired) electrons. The van der Waals surface area contributed by atoms with Crippen molar-refractivity contribution in [2.24, 2.45) is 0 Å². The van der Waals surface area contributed by atoms with Gasteiger partial charge < -0.3 is 14.8 Å². The van der Waals surface area contributed by atoms with Crippen molar-refractivity contribution in [2.75, 3.05) is 40.4 Å². The van der Waals surface area contributed by atoms with Gasteiger partial charge in [-0.2, -0.15) is 0 Å². The highest BCUT2D eigenvalue weighted by Crippen LogP contribution is 2.26. The van der Waals surface area contributed by atoms with Crippen LogP contribution in [0.4, 0.5) is 0 Å². The maximum absolute atomic E-state index is 12.5. The summed E-state index contributed by atoms with van der Waals surface area (Å²) >= 11 is 0. The summed E-state index contributed by atoms with van der Waals surface area (Å²) in [6.07, 6.45) is 4.75. The van der Waals surface area contributed by atoms with Gasteiger partial charge in [0, 0.05) is 44.3 Å². The number of piperazine rings is 1. The van der Waals surface area contributed by atoms with Crippen molar-refractivity contribution in [3.8, 4) is 11.5 Å². The molecule has 6 heteroatoms. The molecule has 1 saturated carbocycles. The number of ether oxygens (including phenoxy) is 2. The lowest BCUT2D eigenvalue weighted by molar-refractivity contribution is -0.127. The van der Waals surface area contributed by atoms with Gasteiger partial charge in [-0.05, 0) is 38.0 Å². The molecule has 1 amide bonds. The summed E-state index contributed by atoms with van der Waals surface area (Å²) in [5.74, 6) is 1.92. The first-order chi connectivity index (χ1) is 13.1. The van der Waals surface area contributed by atoms with E-state index in [1.807, 2.05) is 25.1 Å². The second-order valence-electron chi connectivity index (χ2n) is 7.66. The van der Waals surface area contributed by atoms with E-state index in [-0.39, 0.29) is 11.9 Å². The lowest BCUT2D eigenvalue weighted by Gasteiger charge is -2.37. The molecule has 1 atom stereocenters. The maximum Gasteiger partial charge on any atom is 0.237 e. The maximum atomic E-state index is 12.5. The van der Waals surface area contributed by atoms with E-state index in [0.29, 0.717) is 6.04 Å². The molecule has 1 aliphatic carbocycles. The van der Waals surface area contributed by atoms with Gasteiger partial charge in [-0.25, -0.2) is 0 Å². The van der Waals surface area contributed by atoms with Crippen molar-refractivity contribution in [1.29, 1.82) is 0 Å². The minimum atomic E-state index is -0.0564. The molecule has 1 aromatic rings. The van der Waals surface area contributed by atoms with Crippen molar-refractivity contribution in [3.63, 3.8) is 0 Å². The largest absolute Gasteiger partial charge is 0.497 e. The molecule has 0 unspecified atom stereocenters. The Bertz CT molecular complexity index is 623. The zero-order chi connectivity index (χ0) is 19.2. The summed E-state index contributed by atoms with van der Waals surface area (Å²) in [5, 5.41) is 3.23. The molecule has 1 N–H and O–H groups in total. The highest BCUT2D eigenvalue weighted by atomic mass is 16.5. The van der Waals surface area contributed by atoms with E-state index in [2.05, 4.69) is 15.1 Å². The Morgan fingerprint density at radius 2 is 1.85 bits per heavy atom. The Labute approximate surface area is 162 Å². The zero-order valence-corrected chi connectivity index (χ0v) is 16.9. The van der Waals surface area contributed by atoms with Crippen LogP contribution in [0.1, 0.15) is 38.2 Å². The number of nitrogens with one attached hydrogen (secondary N) is 1. The van der Waals surface area contributed by atoms with Crippen LogP contribution in [-0.4, -0.2) is 68.2 Å². The fourth-order valence-corrected chi connectivity index (χ4v) is 4.11. The normalized spacial score (nSPS) is 20.4. The van der Waals surface area contributed by atoms with Crippen molar-refractivity contribution in [3.05, 3.63) is 23.8 Å². The standard InChI is InChI=1S/C21H33N3O3/c1-16(21(25)22-18-6-4-5-7-18)24-12-10-23(11-13-24)15-17-14-19(26-2)8-9-20(17)27-3/h8-9,14,16,18H,4-7,10-13,15H2,1-3H3,(H,22,25)/t16-/m0/s1. The number of carbonyl (C=O) groups is 1. The van der Waals surface area contributed by atoms with Gasteiger partial charge in [0.1, 0.15) is 11.5 Å². The van der Waals surface area contributed by atoms with E-state index in [0.717, 1.165) is 62.6 Å². The van der Waals surface area contributed by atoms with Gasteiger partial charge in [0.2, 0.25) is 5.91 Å². The Morgan fingerprint density at radius 3 is 2.48 bits per heavy atom. The molecular weight excluding hydrogens is 342 g/mol. The number of hydrogen-bond donors (Lipinski definition) is 1. The van der Waals surface area contributed by atoms with Gasteiger partial charge in [0.25, 0.3) is 0 Å². The van der Waals surface area contributed by atoms with Crippen molar-refractivity contribution in [2.45, 2.75) is 51.2 Å². The Kier molecular flexibility index (Phi) is 6.96. The molecule has 0 bridgehead atoms. The minimum absolute atomic E-state index is 0.0564. The number of benzene rings is 1. The molecule has 1 heterocycles. The summed E-state index contributed by atoms with van der Waals surface area (Å²) in [5.41, 5.74) is 1.14. The highest BCUT2D eigenvalue weighted by molar-refractivity contribution is 5.81. The van der Waals surface area contributed by atoms with Gasteiger partial charge in [0.05, 0.1) is 20.3 Å². The molecule has 0 spiro atoms. The van der Waals surface area contributed by atoms with Crippen LogP contribution in [0.3, 0.4) is 0 Å². The van der Waals surface area contributed by atoms with E-state index < -0.39 is 0 Å². The van der Waals surface area contributed by atoms with Gasteiger partial charge in [-0.3, -0.25) is 14.6 Å². The molecule has 2 aliphatic rings. The predicted octanol–water partition coefficient (Wildman–Crippen LogP) is 2.27. The van der Waals surface area contributed by atoms with E-state index in [1.54, 1.807) is 14.2 Å². The van der Waals surface area contributed by atoms with E-state index >= 15 is 0 Å². The SMILES string of the molecule is COc1ccc(OC)c(CN2CCN([C@@H](C)C(=O)NC3CCCC3)CC2)c1.